The van der Waals surface area contributed by atoms with Crippen LogP contribution in [0.3, 0.4) is 0 Å². The molecule has 1 unspecified atom stereocenters. The topological polar surface area (TPSA) is 62.2 Å². The molecule has 134 valence electrons. The van der Waals surface area contributed by atoms with Crippen molar-refractivity contribution < 1.29 is 10.0 Å². The molecule has 0 radical (unpaired) electrons. The van der Waals surface area contributed by atoms with E-state index in [2.05, 4.69) is 42.5 Å². The number of para-hydroxylation sites is 1. The van der Waals surface area contributed by atoms with Crippen molar-refractivity contribution in [3.05, 3.63) is 78.0 Å². The van der Waals surface area contributed by atoms with Gasteiger partial charge in [0.05, 0.1) is 5.52 Å². The Morgan fingerprint density at radius 1 is 0.923 bits per heavy atom. The van der Waals surface area contributed by atoms with Crippen molar-refractivity contribution in [3.8, 4) is 0 Å². The van der Waals surface area contributed by atoms with Gasteiger partial charge in [-0.25, -0.2) is 5.48 Å². The van der Waals surface area contributed by atoms with E-state index in [-0.39, 0.29) is 11.8 Å². The summed E-state index contributed by atoms with van der Waals surface area (Å²) in [5, 5.41) is 9.71. The smallest absolute Gasteiger partial charge is 0.243 e. The summed E-state index contributed by atoms with van der Waals surface area (Å²) in [5.74, 6) is -0.0757. The van der Waals surface area contributed by atoms with Crippen molar-refractivity contribution in [2.75, 3.05) is 0 Å². The first kappa shape index (κ1) is 18.1. The van der Waals surface area contributed by atoms with Crippen LogP contribution in [0.25, 0.3) is 10.9 Å². The molecule has 0 spiro atoms. The number of fused-ring (bicyclic) bond motifs is 1. The molecular formula is C22H24N2O2. The van der Waals surface area contributed by atoms with E-state index >= 15 is 0 Å². The second-order valence-corrected chi connectivity index (χ2v) is 6.53. The molecule has 0 bridgehead atoms. The van der Waals surface area contributed by atoms with Gasteiger partial charge in [-0.3, -0.25) is 15.0 Å². The molecule has 2 aromatic carbocycles. The lowest BCUT2D eigenvalue weighted by Gasteiger charge is -2.17. The number of carbonyl (C=O) groups is 1. The Kier molecular flexibility index (Phi) is 6.34. The number of nitrogens with zero attached hydrogens (tertiary/aromatic N) is 1. The monoisotopic (exact) mass is 348 g/mol. The van der Waals surface area contributed by atoms with Crippen molar-refractivity contribution in [2.24, 2.45) is 0 Å². The van der Waals surface area contributed by atoms with Gasteiger partial charge in [-0.2, -0.15) is 0 Å². The second kappa shape index (κ2) is 9.11. The minimum atomic E-state index is -0.319. The Balaban J connectivity index is 1.74. The molecule has 0 aliphatic rings. The fraction of sp³-hybridized carbons (Fsp3) is 0.273. The number of unbranched alkanes of at least 4 members (excludes halogenated alkanes) is 2. The number of hydrogen-bond donors (Lipinski definition) is 2. The third-order valence-electron chi connectivity index (χ3n) is 4.70. The molecule has 1 aromatic heterocycles. The Bertz CT molecular complexity index is 849. The number of amides is 1. The van der Waals surface area contributed by atoms with E-state index in [0.717, 1.165) is 42.3 Å². The van der Waals surface area contributed by atoms with Crippen LogP contribution in [0.2, 0.25) is 0 Å². The van der Waals surface area contributed by atoms with Gasteiger partial charge in [-0.05, 0) is 30.5 Å². The average Bonchev–Trinajstić information content (AvgIpc) is 2.70. The van der Waals surface area contributed by atoms with Crippen molar-refractivity contribution in [2.45, 2.75) is 38.0 Å². The number of aromatic nitrogens is 1. The number of rotatable bonds is 8. The van der Waals surface area contributed by atoms with Gasteiger partial charge in [-0.15, -0.1) is 0 Å². The van der Waals surface area contributed by atoms with Crippen LogP contribution in [0.5, 0.6) is 0 Å². The van der Waals surface area contributed by atoms with E-state index in [0.29, 0.717) is 6.42 Å². The van der Waals surface area contributed by atoms with Gasteiger partial charge >= 0.3 is 0 Å². The van der Waals surface area contributed by atoms with Crippen LogP contribution < -0.4 is 5.48 Å². The third-order valence-corrected chi connectivity index (χ3v) is 4.70. The normalized spacial score (nSPS) is 12.0. The zero-order valence-electron chi connectivity index (χ0n) is 14.8. The summed E-state index contributed by atoms with van der Waals surface area (Å²) < 4.78 is 0. The molecule has 0 saturated heterocycles. The zero-order chi connectivity index (χ0) is 18.2. The summed E-state index contributed by atoms with van der Waals surface area (Å²) in [6.45, 7) is 0. The summed E-state index contributed by atoms with van der Waals surface area (Å²) in [4.78, 5) is 16.0. The molecule has 26 heavy (non-hydrogen) atoms. The van der Waals surface area contributed by atoms with E-state index in [1.54, 1.807) is 5.48 Å². The summed E-state index contributed by atoms with van der Waals surface area (Å²) in [6.07, 6.45) is 4.08. The summed E-state index contributed by atoms with van der Waals surface area (Å²) in [6, 6.07) is 22.9. The summed E-state index contributed by atoms with van der Waals surface area (Å²) in [5.41, 5.74) is 5.06. The number of pyridine rings is 1. The molecule has 2 N–H and O–H groups in total. The number of carbonyl (C=O) groups excluding carboxylic acids is 1. The van der Waals surface area contributed by atoms with Gasteiger partial charge < -0.3 is 0 Å². The highest BCUT2D eigenvalue weighted by molar-refractivity contribution is 5.78. The number of nitrogens with one attached hydrogen (secondary N) is 1. The molecule has 0 aliphatic carbocycles. The standard InChI is InChI=1S/C22H24N2O2/c25-22(24-26)14-6-2-5-12-19(17-9-3-1-4-10-17)21-16-15-18-11-7-8-13-20(18)23-21/h1,3-4,7-11,13,15-16,19,26H,2,5-6,12,14H2,(H,24,25). The molecule has 0 fully saturated rings. The summed E-state index contributed by atoms with van der Waals surface area (Å²) in [7, 11) is 0. The highest BCUT2D eigenvalue weighted by Gasteiger charge is 2.15. The highest BCUT2D eigenvalue weighted by atomic mass is 16.5. The minimum Gasteiger partial charge on any atom is -0.289 e. The maximum Gasteiger partial charge on any atom is 0.243 e. The first-order valence-electron chi connectivity index (χ1n) is 9.11. The van der Waals surface area contributed by atoms with Gasteiger partial charge in [0.1, 0.15) is 0 Å². The fourth-order valence-corrected chi connectivity index (χ4v) is 3.31. The third kappa shape index (κ3) is 4.67. The van der Waals surface area contributed by atoms with Crippen LogP contribution in [0.1, 0.15) is 49.3 Å². The molecule has 3 aromatic rings. The predicted molar refractivity (Wildman–Crippen MR) is 103 cm³/mol. The summed E-state index contributed by atoms with van der Waals surface area (Å²) >= 11 is 0. The predicted octanol–water partition coefficient (Wildman–Crippen LogP) is 4.82. The van der Waals surface area contributed by atoms with Crippen molar-refractivity contribution in [1.82, 2.24) is 10.5 Å². The van der Waals surface area contributed by atoms with Crippen molar-refractivity contribution >= 4 is 16.8 Å². The highest BCUT2D eigenvalue weighted by Crippen LogP contribution is 2.30. The number of hydroxylamine groups is 1. The molecule has 1 atom stereocenters. The Morgan fingerprint density at radius 3 is 2.50 bits per heavy atom. The maximum absolute atomic E-state index is 11.1. The van der Waals surface area contributed by atoms with E-state index in [9.17, 15) is 4.79 Å². The molecule has 3 rings (SSSR count). The fourth-order valence-electron chi connectivity index (χ4n) is 3.31. The van der Waals surface area contributed by atoms with E-state index in [1.807, 2.05) is 24.3 Å². The lowest BCUT2D eigenvalue weighted by molar-refractivity contribution is -0.129. The number of benzene rings is 2. The van der Waals surface area contributed by atoms with Crippen LogP contribution in [0.15, 0.2) is 66.7 Å². The average molecular weight is 348 g/mol. The van der Waals surface area contributed by atoms with Gasteiger partial charge in [0.2, 0.25) is 5.91 Å². The van der Waals surface area contributed by atoms with E-state index in [1.165, 1.54) is 5.56 Å². The molecule has 4 nitrogen and oxygen atoms in total. The number of hydrogen-bond acceptors (Lipinski definition) is 3. The molecule has 1 amide bonds. The van der Waals surface area contributed by atoms with E-state index in [4.69, 9.17) is 10.2 Å². The first-order valence-corrected chi connectivity index (χ1v) is 9.11. The van der Waals surface area contributed by atoms with Crippen LogP contribution in [-0.2, 0) is 4.79 Å². The second-order valence-electron chi connectivity index (χ2n) is 6.53. The molecule has 1 heterocycles. The Morgan fingerprint density at radius 2 is 1.69 bits per heavy atom. The van der Waals surface area contributed by atoms with Crippen LogP contribution in [0.4, 0.5) is 0 Å². The van der Waals surface area contributed by atoms with Gasteiger partial charge in [0.25, 0.3) is 0 Å². The minimum absolute atomic E-state index is 0.243. The lowest BCUT2D eigenvalue weighted by Crippen LogP contribution is -2.17. The Labute approximate surface area is 153 Å². The van der Waals surface area contributed by atoms with Crippen molar-refractivity contribution in [1.29, 1.82) is 0 Å². The van der Waals surface area contributed by atoms with Crippen molar-refractivity contribution in [3.63, 3.8) is 0 Å². The van der Waals surface area contributed by atoms with Gasteiger partial charge in [-0.1, -0.05) is 67.4 Å². The first-order chi connectivity index (χ1) is 12.8. The maximum atomic E-state index is 11.1. The van der Waals surface area contributed by atoms with Gasteiger partial charge in [0.15, 0.2) is 0 Å². The zero-order valence-corrected chi connectivity index (χ0v) is 14.8. The van der Waals surface area contributed by atoms with Crippen LogP contribution in [-0.4, -0.2) is 16.1 Å². The molecular weight excluding hydrogens is 324 g/mol. The van der Waals surface area contributed by atoms with Gasteiger partial charge in [0, 0.05) is 23.4 Å². The molecule has 0 aliphatic heterocycles. The largest absolute Gasteiger partial charge is 0.289 e. The SMILES string of the molecule is O=C(CCCCCC(c1ccccc1)c1ccc2ccccc2n1)NO. The molecule has 4 heteroatoms. The Hall–Kier alpha value is -2.72. The molecule has 0 saturated carbocycles. The lowest BCUT2D eigenvalue weighted by atomic mass is 9.89. The van der Waals surface area contributed by atoms with Crippen LogP contribution >= 0.6 is 0 Å². The van der Waals surface area contributed by atoms with Crippen LogP contribution in [0, 0.1) is 0 Å². The van der Waals surface area contributed by atoms with E-state index < -0.39 is 0 Å². The quantitative estimate of drug-likeness (QED) is 0.348.